The van der Waals surface area contributed by atoms with E-state index in [2.05, 4.69) is 12.2 Å². The third-order valence-corrected chi connectivity index (χ3v) is 6.06. The SMILES string of the molecule is CCCCC[C@H](O)CCCCCCCCC[C@@H](O)CCCC(=O)NCCS(=O)(=O)O. The predicted molar refractivity (Wildman–Crippen MR) is 121 cm³/mol. The lowest BCUT2D eigenvalue weighted by molar-refractivity contribution is -0.121. The molecule has 0 radical (unpaired) electrons. The molecule has 0 fully saturated rings. The van der Waals surface area contributed by atoms with E-state index >= 15 is 0 Å². The van der Waals surface area contributed by atoms with Gasteiger partial charge in [0.25, 0.3) is 10.1 Å². The highest BCUT2D eigenvalue weighted by Crippen LogP contribution is 2.15. The molecule has 180 valence electrons. The second-order valence-electron chi connectivity index (χ2n) is 8.38. The molecule has 4 N–H and O–H groups in total. The van der Waals surface area contributed by atoms with E-state index in [1.165, 1.54) is 38.5 Å². The van der Waals surface area contributed by atoms with E-state index < -0.39 is 22.0 Å². The summed E-state index contributed by atoms with van der Waals surface area (Å²) in [5.41, 5.74) is 0. The number of unbranched alkanes of at least 4 members (excludes halogenated alkanes) is 8. The van der Waals surface area contributed by atoms with Crippen molar-refractivity contribution in [2.45, 2.75) is 122 Å². The van der Waals surface area contributed by atoms with E-state index in [1.807, 2.05) is 0 Å². The first-order valence-electron chi connectivity index (χ1n) is 11.8. The molecule has 2 atom stereocenters. The average molecular weight is 452 g/mol. The van der Waals surface area contributed by atoms with Gasteiger partial charge in [-0.1, -0.05) is 71.1 Å². The number of nitrogens with one attached hydrogen (secondary N) is 1. The third-order valence-electron chi connectivity index (χ3n) is 5.34. The van der Waals surface area contributed by atoms with Gasteiger partial charge in [0, 0.05) is 13.0 Å². The lowest BCUT2D eigenvalue weighted by Gasteiger charge is -2.11. The van der Waals surface area contributed by atoms with Gasteiger partial charge in [-0.05, 0) is 32.1 Å². The van der Waals surface area contributed by atoms with Gasteiger partial charge in [-0.3, -0.25) is 9.35 Å². The summed E-state index contributed by atoms with van der Waals surface area (Å²) >= 11 is 0. The molecule has 0 aliphatic carbocycles. The first-order chi connectivity index (χ1) is 14.2. The Kier molecular flexibility index (Phi) is 18.6. The molecule has 0 saturated carbocycles. The zero-order valence-corrected chi connectivity index (χ0v) is 19.7. The lowest BCUT2D eigenvalue weighted by Crippen LogP contribution is -2.28. The summed E-state index contributed by atoms with van der Waals surface area (Å²) in [4.78, 5) is 11.5. The van der Waals surface area contributed by atoms with Crippen LogP contribution in [-0.2, 0) is 14.9 Å². The molecule has 0 aromatic carbocycles. The van der Waals surface area contributed by atoms with Crippen LogP contribution in [0.25, 0.3) is 0 Å². The van der Waals surface area contributed by atoms with Gasteiger partial charge < -0.3 is 15.5 Å². The van der Waals surface area contributed by atoms with Gasteiger partial charge in [0.05, 0.1) is 18.0 Å². The first kappa shape index (κ1) is 29.3. The highest BCUT2D eigenvalue weighted by atomic mass is 32.2. The Balaban J connectivity index is 3.41. The number of rotatable bonds is 21. The summed E-state index contributed by atoms with van der Waals surface area (Å²) in [6.45, 7) is 2.08. The van der Waals surface area contributed by atoms with Crippen molar-refractivity contribution in [1.29, 1.82) is 0 Å². The Hall–Kier alpha value is -0.700. The van der Waals surface area contributed by atoms with Crippen LogP contribution in [0.2, 0.25) is 0 Å². The van der Waals surface area contributed by atoms with Crippen LogP contribution in [0.3, 0.4) is 0 Å². The number of carbonyl (C=O) groups is 1. The molecule has 0 bridgehead atoms. The van der Waals surface area contributed by atoms with E-state index in [0.717, 1.165) is 44.9 Å². The second kappa shape index (κ2) is 19.0. The van der Waals surface area contributed by atoms with Gasteiger partial charge in [0.1, 0.15) is 0 Å². The summed E-state index contributed by atoms with van der Waals surface area (Å²) in [5.74, 6) is -0.748. The maximum atomic E-state index is 11.5. The molecule has 7 nitrogen and oxygen atoms in total. The molecular weight excluding hydrogens is 406 g/mol. The molecule has 0 saturated heterocycles. The highest BCUT2D eigenvalue weighted by Gasteiger charge is 2.09. The summed E-state index contributed by atoms with van der Waals surface area (Å²) in [5, 5.41) is 22.3. The van der Waals surface area contributed by atoms with Crippen molar-refractivity contribution in [3.05, 3.63) is 0 Å². The van der Waals surface area contributed by atoms with Gasteiger partial charge in [-0.25, -0.2) is 0 Å². The van der Waals surface area contributed by atoms with Crippen molar-refractivity contribution in [3.63, 3.8) is 0 Å². The van der Waals surface area contributed by atoms with Crippen LogP contribution in [0.4, 0.5) is 0 Å². The van der Waals surface area contributed by atoms with Crippen LogP contribution in [0.15, 0.2) is 0 Å². The zero-order valence-electron chi connectivity index (χ0n) is 18.9. The molecule has 0 unspecified atom stereocenters. The lowest BCUT2D eigenvalue weighted by atomic mass is 10.0. The molecule has 0 heterocycles. The quantitative estimate of drug-likeness (QED) is 0.155. The van der Waals surface area contributed by atoms with E-state index in [-0.39, 0.29) is 25.0 Å². The van der Waals surface area contributed by atoms with Crippen LogP contribution in [0.5, 0.6) is 0 Å². The molecule has 8 heteroatoms. The minimum Gasteiger partial charge on any atom is -0.393 e. The Labute approximate surface area is 183 Å². The normalized spacial score (nSPS) is 13.9. The predicted octanol–water partition coefficient (Wildman–Crippen LogP) is 3.97. The fraction of sp³-hybridized carbons (Fsp3) is 0.955. The van der Waals surface area contributed by atoms with Gasteiger partial charge in [-0.2, -0.15) is 8.42 Å². The Morgan fingerprint density at radius 3 is 1.67 bits per heavy atom. The van der Waals surface area contributed by atoms with Crippen molar-refractivity contribution >= 4 is 16.0 Å². The van der Waals surface area contributed by atoms with E-state index in [1.54, 1.807) is 0 Å². The van der Waals surface area contributed by atoms with Gasteiger partial charge in [0.15, 0.2) is 0 Å². The maximum Gasteiger partial charge on any atom is 0.266 e. The molecule has 0 aliphatic heterocycles. The summed E-state index contributed by atoms with van der Waals surface area (Å²) in [7, 11) is -4.05. The van der Waals surface area contributed by atoms with Crippen LogP contribution < -0.4 is 5.32 Å². The smallest absolute Gasteiger partial charge is 0.266 e. The van der Waals surface area contributed by atoms with Crippen LogP contribution in [-0.4, -0.2) is 53.6 Å². The minimum atomic E-state index is -4.05. The minimum absolute atomic E-state index is 0.0975. The summed E-state index contributed by atoms with van der Waals surface area (Å²) in [6, 6.07) is 0. The molecule has 0 aromatic rings. The number of carbonyl (C=O) groups excluding carboxylic acids is 1. The summed E-state index contributed by atoms with van der Waals surface area (Å²) in [6.07, 6.45) is 14.9. The summed E-state index contributed by atoms with van der Waals surface area (Å²) < 4.78 is 29.7. The second-order valence-corrected chi connectivity index (χ2v) is 9.96. The van der Waals surface area contributed by atoms with Crippen molar-refractivity contribution in [2.24, 2.45) is 0 Å². The molecule has 30 heavy (non-hydrogen) atoms. The van der Waals surface area contributed by atoms with E-state index in [0.29, 0.717) is 12.8 Å². The fourth-order valence-electron chi connectivity index (χ4n) is 3.47. The van der Waals surface area contributed by atoms with Crippen molar-refractivity contribution in [1.82, 2.24) is 5.32 Å². The van der Waals surface area contributed by atoms with E-state index in [4.69, 9.17) is 4.55 Å². The number of hydrogen-bond donors (Lipinski definition) is 4. The van der Waals surface area contributed by atoms with Crippen molar-refractivity contribution in [2.75, 3.05) is 12.3 Å². The van der Waals surface area contributed by atoms with Crippen molar-refractivity contribution in [3.8, 4) is 0 Å². The zero-order chi connectivity index (χ0) is 22.7. The third kappa shape index (κ3) is 22.0. The van der Waals surface area contributed by atoms with Crippen LogP contribution >= 0.6 is 0 Å². The molecule has 0 rings (SSSR count). The highest BCUT2D eigenvalue weighted by molar-refractivity contribution is 7.85. The Morgan fingerprint density at radius 2 is 1.20 bits per heavy atom. The molecule has 0 spiro atoms. The van der Waals surface area contributed by atoms with Gasteiger partial charge in [-0.15, -0.1) is 0 Å². The molecule has 1 amide bonds. The van der Waals surface area contributed by atoms with E-state index in [9.17, 15) is 23.4 Å². The standard InChI is InChI=1S/C22H45NO6S/c1-2-3-9-13-20(24)14-10-7-5-4-6-8-11-15-21(25)16-12-17-22(26)23-18-19-30(27,28)29/h20-21,24-25H,2-19H2,1H3,(H,23,26)(H,27,28,29)/t20-,21+/m0/s1. The van der Waals surface area contributed by atoms with Crippen LogP contribution in [0, 0.1) is 0 Å². The molecule has 0 aliphatic rings. The molecular formula is C22H45NO6S. The van der Waals surface area contributed by atoms with Gasteiger partial charge >= 0.3 is 0 Å². The number of aliphatic hydroxyl groups is 2. The molecule has 0 aromatic heterocycles. The topological polar surface area (TPSA) is 124 Å². The Morgan fingerprint density at radius 1 is 0.767 bits per heavy atom. The monoisotopic (exact) mass is 451 g/mol. The number of hydrogen-bond acceptors (Lipinski definition) is 5. The van der Waals surface area contributed by atoms with Crippen molar-refractivity contribution < 1.29 is 28.0 Å². The Bertz CT molecular complexity index is 512. The van der Waals surface area contributed by atoms with Crippen LogP contribution in [0.1, 0.15) is 110 Å². The fourth-order valence-corrected chi connectivity index (χ4v) is 3.83. The number of amides is 1. The average Bonchev–Trinajstić information content (AvgIpc) is 2.66. The maximum absolute atomic E-state index is 11.5. The largest absolute Gasteiger partial charge is 0.393 e. The van der Waals surface area contributed by atoms with Gasteiger partial charge in [0.2, 0.25) is 5.91 Å². The first-order valence-corrected chi connectivity index (χ1v) is 13.4. The number of aliphatic hydroxyl groups excluding tert-OH is 2.